The molecule has 7 heteroatoms. The van der Waals surface area contributed by atoms with E-state index >= 15 is 0 Å². The molecule has 0 atom stereocenters. The van der Waals surface area contributed by atoms with E-state index in [9.17, 15) is 13.2 Å². The summed E-state index contributed by atoms with van der Waals surface area (Å²) in [7, 11) is -3.53. The van der Waals surface area contributed by atoms with E-state index in [2.05, 4.69) is 36.2 Å². The third-order valence-corrected chi connectivity index (χ3v) is 7.47. The second kappa shape index (κ2) is 10.2. The van der Waals surface area contributed by atoms with Crippen LogP contribution in [-0.4, -0.2) is 49.7 Å². The van der Waals surface area contributed by atoms with E-state index in [-0.39, 0.29) is 10.8 Å². The number of hydrogen-bond acceptors (Lipinski definition) is 4. The molecule has 1 heterocycles. The van der Waals surface area contributed by atoms with Crippen molar-refractivity contribution >= 4 is 15.9 Å². The zero-order valence-electron chi connectivity index (χ0n) is 17.8. The lowest BCUT2D eigenvalue weighted by Crippen LogP contribution is -2.28. The van der Waals surface area contributed by atoms with E-state index in [1.807, 2.05) is 12.1 Å². The maximum absolute atomic E-state index is 12.7. The first-order valence-corrected chi connectivity index (χ1v) is 12.1. The lowest BCUT2D eigenvalue weighted by molar-refractivity contribution is 0.0950. The van der Waals surface area contributed by atoms with Crippen LogP contribution in [0.3, 0.4) is 0 Å². The zero-order valence-corrected chi connectivity index (χ0v) is 18.6. The molecule has 2 aromatic rings. The van der Waals surface area contributed by atoms with Gasteiger partial charge in [-0.15, -0.1) is 0 Å². The van der Waals surface area contributed by atoms with E-state index in [1.54, 1.807) is 18.2 Å². The molecule has 0 spiro atoms. The van der Waals surface area contributed by atoms with Crippen molar-refractivity contribution in [2.75, 3.05) is 26.2 Å². The average Bonchev–Trinajstić information content (AvgIpc) is 3.32. The van der Waals surface area contributed by atoms with Gasteiger partial charge in [0.15, 0.2) is 0 Å². The van der Waals surface area contributed by atoms with Crippen LogP contribution in [0, 0.1) is 0 Å². The summed E-state index contributed by atoms with van der Waals surface area (Å²) in [6.45, 7) is 8.73. The highest BCUT2D eigenvalue weighted by Gasteiger charge is 2.27. The summed E-state index contributed by atoms with van der Waals surface area (Å²) in [6.07, 6.45) is 1.76. The molecule has 1 fully saturated rings. The Labute approximate surface area is 179 Å². The van der Waals surface area contributed by atoms with Gasteiger partial charge in [-0.25, -0.2) is 8.42 Å². The molecule has 0 aromatic heterocycles. The van der Waals surface area contributed by atoms with Crippen molar-refractivity contribution < 1.29 is 13.2 Å². The molecule has 162 valence electrons. The summed E-state index contributed by atoms with van der Waals surface area (Å²) in [6, 6.07) is 14.5. The van der Waals surface area contributed by atoms with Crippen LogP contribution >= 0.6 is 0 Å². The van der Waals surface area contributed by atoms with Crippen molar-refractivity contribution in [2.45, 2.75) is 44.7 Å². The van der Waals surface area contributed by atoms with Gasteiger partial charge in [-0.2, -0.15) is 4.31 Å². The van der Waals surface area contributed by atoms with Gasteiger partial charge in [0.2, 0.25) is 10.0 Å². The first-order chi connectivity index (χ1) is 14.4. The van der Waals surface area contributed by atoms with Crippen LogP contribution in [0.1, 0.15) is 48.2 Å². The van der Waals surface area contributed by atoms with Gasteiger partial charge >= 0.3 is 0 Å². The molecule has 0 radical (unpaired) electrons. The molecule has 1 saturated heterocycles. The Morgan fingerprint density at radius 2 is 1.63 bits per heavy atom. The van der Waals surface area contributed by atoms with Gasteiger partial charge in [0.1, 0.15) is 0 Å². The van der Waals surface area contributed by atoms with Crippen molar-refractivity contribution in [2.24, 2.45) is 0 Å². The van der Waals surface area contributed by atoms with Crippen LogP contribution in [0.2, 0.25) is 0 Å². The quantitative estimate of drug-likeness (QED) is 0.664. The highest BCUT2D eigenvalue weighted by Crippen LogP contribution is 2.21. The minimum atomic E-state index is -3.53. The summed E-state index contributed by atoms with van der Waals surface area (Å²) >= 11 is 0. The van der Waals surface area contributed by atoms with Crippen LogP contribution in [0.5, 0.6) is 0 Å². The monoisotopic (exact) mass is 429 g/mol. The van der Waals surface area contributed by atoms with Crippen molar-refractivity contribution in [3.8, 4) is 0 Å². The second-order valence-electron chi connectivity index (χ2n) is 7.60. The second-order valence-corrected chi connectivity index (χ2v) is 9.54. The number of nitrogens with one attached hydrogen (secondary N) is 1. The summed E-state index contributed by atoms with van der Waals surface area (Å²) < 4.78 is 27.0. The van der Waals surface area contributed by atoms with Gasteiger partial charge in [-0.1, -0.05) is 44.2 Å². The molecule has 3 rings (SSSR count). The number of sulfonamides is 1. The normalized spacial score (nSPS) is 14.9. The number of benzene rings is 2. The van der Waals surface area contributed by atoms with Gasteiger partial charge in [0, 0.05) is 31.7 Å². The Balaban J connectivity index is 1.61. The number of nitrogens with zero attached hydrogens (tertiary/aromatic N) is 2. The van der Waals surface area contributed by atoms with Crippen molar-refractivity contribution in [3.05, 3.63) is 65.2 Å². The molecular weight excluding hydrogens is 398 g/mol. The average molecular weight is 430 g/mol. The molecule has 1 aliphatic rings. The maximum atomic E-state index is 12.7. The third kappa shape index (κ3) is 5.47. The SMILES string of the molecule is CCN(CC)Cc1ccc(CNC(=O)c2cccc(S(=O)(=O)N3CCCC3)c2)cc1. The molecule has 30 heavy (non-hydrogen) atoms. The minimum absolute atomic E-state index is 0.179. The van der Waals surface area contributed by atoms with E-state index in [4.69, 9.17) is 0 Å². The van der Waals surface area contributed by atoms with Crippen LogP contribution in [0.25, 0.3) is 0 Å². The van der Waals surface area contributed by atoms with Crippen molar-refractivity contribution in [1.82, 2.24) is 14.5 Å². The van der Waals surface area contributed by atoms with Crippen LogP contribution in [-0.2, 0) is 23.1 Å². The standard InChI is InChI=1S/C23H31N3O3S/c1-3-25(4-2)18-20-12-10-19(11-13-20)17-24-23(27)21-8-7-9-22(16-21)30(28,29)26-14-5-6-15-26/h7-13,16H,3-6,14-15,17-18H2,1-2H3,(H,24,27). The van der Waals surface area contributed by atoms with Crippen LogP contribution in [0.15, 0.2) is 53.4 Å². The number of amides is 1. The largest absolute Gasteiger partial charge is 0.348 e. The first-order valence-electron chi connectivity index (χ1n) is 10.6. The maximum Gasteiger partial charge on any atom is 0.251 e. The molecule has 0 saturated carbocycles. The predicted molar refractivity (Wildman–Crippen MR) is 119 cm³/mol. The number of rotatable bonds is 9. The lowest BCUT2D eigenvalue weighted by Gasteiger charge is -2.18. The van der Waals surface area contributed by atoms with Crippen LogP contribution < -0.4 is 5.32 Å². The lowest BCUT2D eigenvalue weighted by atomic mass is 10.1. The van der Waals surface area contributed by atoms with Gasteiger partial charge in [0.05, 0.1) is 4.90 Å². The highest BCUT2D eigenvalue weighted by atomic mass is 32.2. The molecule has 0 aliphatic carbocycles. The van der Waals surface area contributed by atoms with Gasteiger partial charge in [0.25, 0.3) is 5.91 Å². The van der Waals surface area contributed by atoms with E-state index in [1.165, 1.54) is 15.9 Å². The van der Waals surface area contributed by atoms with E-state index in [0.717, 1.165) is 38.0 Å². The Morgan fingerprint density at radius 3 is 2.27 bits per heavy atom. The van der Waals surface area contributed by atoms with E-state index < -0.39 is 10.0 Å². The zero-order chi connectivity index (χ0) is 21.6. The molecule has 0 unspecified atom stereocenters. The summed E-state index contributed by atoms with van der Waals surface area (Å²) in [5.74, 6) is -0.277. The highest BCUT2D eigenvalue weighted by molar-refractivity contribution is 7.89. The number of hydrogen-bond donors (Lipinski definition) is 1. The Hall–Kier alpha value is -2.22. The molecule has 1 aliphatic heterocycles. The Morgan fingerprint density at radius 1 is 1.00 bits per heavy atom. The fraction of sp³-hybridized carbons (Fsp3) is 0.435. The summed E-state index contributed by atoms with van der Waals surface area (Å²) in [5.41, 5.74) is 2.61. The topological polar surface area (TPSA) is 69.7 Å². The molecule has 0 bridgehead atoms. The van der Waals surface area contributed by atoms with Gasteiger partial charge in [-0.05, 0) is 55.3 Å². The smallest absolute Gasteiger partial charge is 0.251 e. The molecule has 1 amide bonds. The number of carbonyl (C=O) groups is 1. The van der Waals surface area contributed by atoms with Crippen molar-refractivity contribution in [1.29, 1.82) is 0 Å². The Bertz CT molecular complexity index is 948. The fourth-order valence-electron chi connectivity index (χ4n) is 3.63. The van der Waals surface area contributed by atoms with E-state index in [0.29, 0.717) is 25.2 Å². The third-order valence-electron chi connectivity index (χ3n) is 5.58. The molecule has 6 nitrogen and oxygen atoms in total. The van der Waals surface area contributed by atoms with Gasteiger partial charge in [-0.3, -0.25) is 9.69 Å². The van der Waals surface area contributed by atoms with Gasteiger partial charge < -0.3 is 5.32 Å². The number of carbonyl (C=O) groups excluding carboxylic acids is 1. The molecule has 1 N–H and O–H groups in total. The molecular formula is C23H31N3O3S. The Kier molecular flexibility index (Phi) is 7.64. The summed E-state index contributed by atoms with van der Waals surface area (Å²) in [4.78, 5) is 15.1. The minimum Gasteiger partial charge on any atom is -0.348 e. The fourth-order valence-corrected chi connectivity index (χ4v) is 5.19. The molecule has 2 aromatic carbocycles. The first kappa shape index (κ1) is 22.5. The van der Waals surface area contributed by atoms with Crippen LogP contribution in [0.4, 0.5) is 0 Å². The summed E-state index contributed by atoms with van der Waals surface area (Å²) in [5, 5.41) is 2.89. The predicted octanol–water partition coefficient (Wildman–Crippen LogP) is 3.24. The van der Waals surface area contributed by atoms with Crippen molar-refractivity contribution in [3.63, 3.8) is 0 Å².